The van der Waals surface area contributed by atoms with E-state index in [1.54, 1.807) is 29.2 Å². The van der Waals surface area contributed by atoms with Crippen LogP contribution in [0.5, 0.6) is 0 Å². The van der Waals surface area contributed by atoms with Crippen molar-refractivity contribution < 1.29 is 19.1 Å². The van der Waals surface area contributed by atoms with Crippen LogP contribution in [-0.2, 0) is 22.4 Å². The SMILES string of the molecule is COC(=O)c1c(NC(=O)CN2CCN(C(=O)c3ccccc3Cl)CC2)sc2c1CCC2. The van der Waals surface area contributed by atoms with Crippen molar-refractivity contribution in [2.45, 2.75) is 19.3 Å². The first-order chi connectivity index (χ1) is 15.0. The van der Waals surface area contributed by atoms with Crippen molar-refractivity contribution >= 4 is 45.7 Å². The quantitative estimate of drug-likeness (QED) is 0.692. The molecular formula is C22H24ClN3O4S. The molecule has 1 aromatic carbocycles. The van der Waals surface area contributed by atoms with Gasteiger partial charge in [-0.25, -0.2) is 4.79 Å². The number of hydrogen-bond acceptors (Lipinski definition) is 6. The van der Waals surface area contributed by atoms with Gasteiger partial charge in [-0.1, -0.05) is 23.7 Å². The molecule has 1 fully saturated rings. The Kier molecular flexibility index (Phi) is 6.60. The molecule has 9 heteroatoms. The summed E-state index contributed by atoms with van der Waals surface area (Å²) in [6, 6.07) is 7.02. The van der Waals surface area contributed by atoms with Crippen LogP contribution < -0.4 is 5.32 Å². The van der Waals surface area contributed by atoms with Gasteiger partial charge in [0.15, 0.2) is 0 Å². The summed E-state index contributed by atoms with van der Waals surface area (Å²) < 4.78 is 4.93. The van der Waals surface area contributed by atoms with Crippen molar-refractivity contribution in [1.29, 1.82) is 0 Å². The number of esters is 1. The number of anilines is 1. The van der Waals surface area contributed by atoms with E-state index >= 15 is 0 Å². The van der Waals surface area contributed by atoms with E-state index in [0.717, 1.165) is 29.7 Å². The van der Waals surface area contributed by atoms with Crippen LogP contribution in [0.25, 0.3) is 0 Å². The van der Waals surface area contributed by atoms with Crippen LogP contribution in [0, 0.1) is 0 Å². The number of hydrogen-bond donors (Lipinski definition) is 1. The molecule has 2 aliphatic rings. The summed E-state index contributed by atoms with van der Waals surface area (Å²) in [5, 5.41) is 3.93. The van der Waals surface area contributed by atoms with Crippen LogP contribution >= 0.6 is 22.9 Å². The number of piperazine rings is 1. The van der Waals surface area contributed by atoms with Crippen molar-refractivity contribution in [3.05, 3.63) is 50.9 Å². The Balaban J connectivity index is 1.34. The summed E-state index contributed by atoms with van der Waals surface area (Å²) >= 11 is 7.61. The standard InChI is InChI=1S/C22H24ClN3O4S/c1-30-22(29)19-15-6-4-8-17(15)31-20(19)24-18(27)13-25-9-11-26(12-10-25)21(28)14-5-2-3-7-16(14)23/h2-3,5,7H,4,6,8-13H2,1H3,(H,24,27). The predicted molar refractivity (Wildman–Crippen MR) is 120 cm³/mol. The normalized spacial score (nSPS) is 16.1. The highest BCUT2D eigenvalue weighted by molar-refractivity contribution is 7.17. The molecule has 0 spiro atoms. The minimum atomic E-state index is -0.401. The molecule has 2 heterocycles. The van der Waals surface area contributed by atoms with E-state index < -0.39 is 5.97 Å². The summed E-state index contributed by atoms with van der Waals surface area (Å²) in [6.07, 6.45) is 2.80. The summed E-state index contributed by atoms with van der Waals surface area (Å²) in [5.74, 6) is -0.664. The number of ether oxygens (including phenoxy) is 1. The molecule has 0 bridgehead atoms. The molecule has 1 aliphatic carbocycles. The Morgan fingerprint density at radius 1 is 1.13 bits per heavy atom. The molecule has 31 heavy (non-hydrogen) atoms. The van der Waals surface area contributed by atoms with E-state index in [0.29, 0.717) is 47.3 Å². The number of fused-ring (bicyclic) bond motifs is 1. The van der Waals surface area contributed by atoms with Crippen molar-refractivity contribution in [1.82, 2.24) is 9.80 Å². The Morgan fingerprint density at radius 3 is 2.58 bits per heavy atom. The summed E-state index contributed by atoms with van der Waals surface area (Å²) in [5.41, 5.74) is 2.01. The summed E-state index contributed by atoms with van der Waals surface area (Å²) in [6.45, 7) is 2.44. The second-order valence-electron chi connectivity index (χ2n) is 7.65. The van der Waals surface area contributed by atoms with Crippen LogP contribution in [0.2, 0.25) is 5.02 Å². The molecule has 2 aromatic rings. The van der Waals surface area contributed by atoms with Crippen LogP contribution in [0.4, 0.5) is 5.00 Å². The molecular weight excluding hydrogens is 438 g/mol. The van der Waals surface area contributed by atoms with Crippen molar-refractivity contribution in [3.63, 3.8) is 0 Å². The Bertz CT molecular complexity index is 1010. The van der Waals surface area contributed by atoms with Gasteiger partial charge < -0.3 is 15.0 Å². The fourth-order valence-corrected chi connectivity index (χ4v) is 5.60. The molecule has 1 aliphatic heterocycles. The Labute approximate surface area is 189 Å². The maximum atomic E-state index is 12.7. The lowest BCUT2D eigenvalue weighted by molar-refractivity contribution is -0.117. The third kappa shape index (κ3) is 4.61. The first-order valence-corrected chi connectivity index (χ1v) is 11.5. The summed E-state index contributed by atoms with van der Waals surface area (Å²) in [7, 11) is 1.36. The number of amides is 2. The Hall–Kier alpha value is -2.42. The van der Waals surface area contributed by atoms with Gasteiger partial charge in [0.2, 0.25) is 5.91 Å². The van der Waals surface area contributed by atoms with Gasteiger partial charge in [-0.15, -0.1) is 11.3 Å². The van der Waals surface area contributed by atoms with Crippen molar-refractivity contribution in [3.8, 4) is 0 Å². The van der Waals surface area contributed by atoms with Crippen LogP contribution in [-0.4, -0.2) is 67.4 Å². The number of halogens is 1. The highest BCUT2D eigenvalue weighted by atomic mass is 35.5. The molecule has 2 amide bonds. The zero-order chi connectivity index (χ0) is 22.0. The van der Waals surface area contributed by atoms with Gasteiger partial charge in [0.05, 0.1) is 29.8 Å². The van der Waals surface area contributed by atoms with Gasteiger partial charge in [0.25, 0.3) is 5.91 Å². The number of rotatable bonds is 5. The average molecular weight is 462 g/mol. The fraction of sp³-hybridized carbons (Fsp3) is 0.409. The topological polar surface area (TPSA) is 79.0 Å². The molecule has 0 radical (unpaired) electrons. The number of benzene rings is 1. The lowest BCUT2D eigenvalue weighted by Crippen LogP contribution is -2.50. The van der Waals surface area contributed by atoms with E-state index in [-0.39, 0.29) is 18.4 Å². The van der Waals surface area contributed by atoms with Gasteiger partial charge >= 0.3 is 5.97 Å². The lowest BCUT2D eigenvalue weighted by Gasteiger charge is -2.34. The van der Waals surface area contributed by atoms with Gasteiger partial charge in [0.1, 0.15) is 5.00 Å². The lowest BCUT2D eigenvalue weighted by atomic mass is 10.1. The van der Waals surface area contributed by atoms with E-state index in [1.807, 2.05) is 4.90 Å². The number of nitrogens with zero attached hydrogens (tertiary/aromatic N) is 2. The second-order valence-corrected chi connectivity index (χ2v) is 9.16. The maximum absolute atomic E-state index is 12.7. The first-order valence-electron chi connectivity index (χ1n) is 10.3. The number of methoxy groups -OCH3 is 1. The molecule has 1 aromatic heterocycles. The number of nitrogens with one attached hydrogen (secondary N) is 1. The summed E-state index contributed by atoms with van der Waals surface area (Å²) in [4.78, 5) is 42.5. The van der Waals surface area contributed by atoms with Crippen LogP contribution in [0.15, 0.2) is 24.3 Å². The molecule has 1 N–H and O–H groups in total. The van der Waals surface area contributed by atoms with Crippen molar-refractivity contribution in [2.75, 3.05) is 45.2 Å². The number of aryl methyl sites for hydroxylation is 1. The second kappa shape index (κ2) is 9.38. The average Bonchev–Trinajstić information content (AvgIpc) is 3.34. The van der Waals surface area contributed by atoms with Gasteiger partial charge in [-0.05, 0) is 37.0 Å². The van der Waals surface area contributed by atoms with Gasteiger partial charge in [-0.2, -0.15) is 0 Å². The Morgan fingerprint density at radius 2 is 1.87 bits per heavy atom. The van der Waals surface area contributed by atoms with Crippen LogP contribution in [0.3, 0.4) is 0 Å². The fourth-order valence-electron chi connectivity index (χ4n) is 4.09. The molecule has 0 saturated carbocycles. The van der Waals surface area contributed by atoms with E-state index in [4.69, 9.17) is 16.3 Å². The van der Waals surface area contributed by atoms with Crippen LogP contribution in [0.1, 0.15) is 37.6 Å². The maximum Gasteiger partial charge on any atom is 0.341 e. The van der Waals surface area contributed by atoms with Gasteiger partial charge in [-0.3, -0.25) is 14.5 Å². The first kappa shape index (κ1) is 21.8. The highest BCUT2D eigenvalue weighted by Crippen LogP contribution is 2.39. The molecule has 1 saturated heterocycles. The minimum Gasteiger partial charge on any atom is -0.465 e. The zero-order valence-electron chi connectivity index (χ0n) is 17.3. The third-order valence-electron chi connectivity index (χ3n) is 5.69. The largest absolute Gasteiger partial charge is 0.465 e. The van der Waals surface area contributed by atoms with E-state index in [2.05, 4.69) is 5.32 Å². The van der Waals surface area contributed by atoms with E-state index in [9.17, 15) is 14.4 Å². The molecule has 0 atom stereocenters. The predicted octanol–water partition coefficient (Wildman–Crippen LogP) is 3.07. The smallest absolute Gasteiger partial charge is 0.341 e. The minimum absolute atomic E-state index is 0.0921. The van der Waals surface area contributed by atoms with E-state index in [1.165, 1.54) is 18.4 Å². The third-order valence-corrected chi connectivity index (χ3v) is 7.23. The number of thiophene rings is 1. The molecule has 164 valence electrons. The molecule has 0 unspecified atom stereocenters. The monoisotopic (exact) mass is 461 g/mol. The molecule has 7 nitrogen and oxygen atoms in total. The number of carbonyl (C=O) groups excluding carboxylic acids is 3. The van der Waals surface area contributed by atoms with Gasteiger partial charge in [0, 0.05) is 31.1 Å². The highest BCUT2D eigenvalue weighted by Gasteiger charge is 2.29. The molecule has 4 rings (SSSR count). The van der Waals surface area contributed by atoms with Crippen molar-refractivity contribution in [2.24, 2.45) is 0 Å². The zero-order valence-corrected chi connectivity index (χ0v) is 18.9. The number of carbonyl (C=O) groups is 3.